The van der Waals surface area contributed by atoms with Crippen molar-refractivity contribution >= 4 is 38.9 Å². The van der Waals surface area contributed by atoms with Gasteiger partial charge in [-0.25, -0.2) is 4.98 Å². The van der Waals surface area contributed by atoms with Gasteiger partial charge in [0.15, 0.2) is 0 Å². The fraction of sp³-hybridized carbons (Fsp3) is 0.158. The summed E-state index contributed by atoms with van der Waals surface area (Å²) >= 11 is 0. The zero-order valence-corrected chi connectivity index (χ0v) is 38.4. The van der Waals surface area contributed by atoms with Crippen molar-refractivity contribution < 1.29 is 25.8 Å². The molecular weight excluding hydrogens is 952 g/mol. The van der Waals surface area contributed by atoms with E-state index in [4.69, 9.17) is 9.72 Å². The topological polar surface area (TPSA) is 33.5 Å². The Morgan fingerprint density at radius 3 is 2.06 bits per heavy atom. The quantitative estimate of drug-likeness (QED) is 0.142. The van der Waals surface area contributed by atoms with E-state index in [-0.39, 0.29) is 31.9 Å². The zero-order chi connectivity index (χ0) is 42.2. The van der Waals surface area contributed by atoms with Crippen LogP contribution in [0.4, 0.5) is 17.1 Å². The minimum absolute atomic E-state index is 0. The number of para-hydroxylation sites is 2. The summed E-state index contributed by atoms with van der Waals surface area (Å²) < 4.78 is 8.93. The second-order valence-electron chi connectivity index (χ2n) is 18.1. The van der Waals surface area contributed by atoms with E-state index in [0.717, 1.165) is 46.3 Å². The van der Waals surface area contributed by atoms with E-state index in [1.54, 1.807) is 0 Å². The molecule has 0 aliphatic carbocycles. The smallest absolute Gasteiger partial charge is 0.135 e. The van der Waals surface area contributed by atoms with Gasteiger partial charge in [-0.3, -0.25) is 0 Å². The Morgan fingerprint density at radius 2 is 1.33 bits per heavy atom. The van der Waals surface area contributed by atoms with Gasteiger partial charge >= 0.3 is 0 Å². The Hall–Kier alpha value is -6.42. The van der Waals surface area contributed by atoms with Crippen molar-refractivity contribution in [2.24, 2.45) is 0 Å². The molecule has 2 aromatic heterocycles. The Morgan fingerprint density at radius 1 is 0.667 bits per heavy atom. The molecule has 0 saturated heterocycles. The molecule has 0 amide bonds. The van der Waals surface area contributed by atoms with Gasteiger partial charge in [-0.15, -0.1) is 35.2 Å². The summed E-state index contributed by atoms with van der Waals surface area (Å²) in [4.78, 5) is 9.62. The maximum Gasteiger partial charge on any atom is 0.135 e. The molecule has 0 unspecified atom stereocenters. The average molecular weight is 999 g/mol. The van der Waals surface area contributed by atoms with Crippen LogP contribution >= 0.6 is 0 Å². The SMILES string of the molecule is CC(C)(C)c1ccnc(-n2c3[c-]c(Oc4[c-]c5c(cc4)C(C)(C)c4cccc6c4N5[CH-]N6CCc4c(-c5ccccc5)cccc4-c4ccccc4)ccc3c3ccccc32)c1.[Pt]. The average Bonchev–Trinajstić information content (AvgIpc) is 3.83. The molecule has 314 valence electrons. The van der Waals surface area contributed by atoms with Crippen molar-refractivity contribution in [1.82, 2.24) is 9.55 Å². The fourth-order valence-corrected chi connectivity index (χ4v) is 9.65. The first-order chi connectivity index (χ1) is 30.1. The third-order valence-corrected chi connectivity index (χ3v) is 12.9. The summed E-state index contributed by atoms with van der Waals surface area (Å²) in [6, 6.07) is 63.6. The van der Waals surface area contributed by atoms with Crippen molar-refractivity contribution in [3.63, 3.8) is 0 Å². The predicted molar refractivity (Wildman–Crippen MR) is 255 cm³/mol. The number of fused-ring (bicyclic) bond motifs is 5. The molecule has 0 N–H and O–H groups in total. The molecule has 5 nitrogen and oxygen atoms in total. The monoisotopic (exact) mass is 998 g/mol. The number of benzene rings is 7. The van der Waals surface area contributed by atoms with Crippen LogP contribution < -0.4 is 14.5 Å². The van der Waals surface area contributed by atoms with Gasteiger partial charge in [0.2, 0.25) is 0 Å². The molecule has 4 heterocycles. The Balaban J connectivity index is 0.00000471. The van der Waals surface area contributed by atoms with E-state index in [1.807, 2.05) is 12.3 Å². The third kappa shape index (κ3) is 6.94. The van der Waals surface area contributed by atoms with E-state index in [0.29, 0.717) is 11.5 Å². The molecule has 9 aromatic rings. The maximum atomic E-state index is 6.73. The number of nitrogens with zero attached hydrogens (tertiary/aromatic N) is 4. The van der Waals surface area contributed by atoms with Crippen LogP contribution in [0.5, 0.6) is 11.5 Å². The third-order valence-electron chi connectivity index (χ3n) is 12.9. The van der Waals surface area contributed by atoms with Crippen LogP contribution in [-0.4, -0.2) is 16.1 Å². The summed E-state index contributed by atoms with van der Waals surface area (Å²) in [7, 11) is 0. The molecule has 0 fully saturated rings. The Kier molecular flexibility index (Phi) is 10.1. The second kappa shape index (κ2) is 15.7. The first-order valence-corrected chi connectivity index (χ1v) is 21.6. The van der Waals surface area contributed by atoms with Gasteiger partial charge in [0.05, 0.1) is 0 Å². The van der Waals surface area contributed by atoms with E-state index in [1.165, 1.54) is 55.9 Å². The van der Waals surface area contributed by atoms with Crippen LogP contribution in [0.25, 0.3) is 49.9 Å². The van der Waals surface area contributed by atoms with Crippen molar-refractivity contribution in [2.75, 3.05) is 16.3 Å². The van der Waals surface area contributed by atoms with Crippen LogP contribution in [0.3, 0.4) is 0 Å². The zero-order valence-electron chi connectivity index (χ0n) is 36.1. The first kappa shape index (κ1) is 40.6. The molecule has 6 heteroatoms. The molecule has 63 heavy (non-hydrogen) atoms. The number of ether oxygens (including phenoxy) is 1. The summed E-state index contributed by atoms with van der Waals surface area (Å²) in [6.45, 7) is 14.4. The molecule has 2 aliphatic heterocycles. The summed E-state index contributed by atoms with van der Waals surface area (Å²) in [6.07, 6.45) is 2.77. The Bertz CT molecular complexity index is 3110. The number of hydrogen-bond donors (Lipinski definition) is 0. The predicted octanol–water partition coefficient (Wildman–Crippen LogP) is 14.2. The van der Waals surface area contributed by atoms with Crippen LogP contribution in [0.15, 0.2) is 164 Å². The van der Waals surface area contributed by atoms with Gasteiger partial charge in [0.1, 0.15) is 5.82 Å². The van der Waals surface area contributed by atoms with Crippen LogP contribution in [0.2, 0.25) is 0 Å². The van der Waals surface area contributed by atoms with Crippen molar-refractivity contribution in [1.29, 1.82) is 0 Å². The fourth-order valence-electron chi connectivity index (χ4n) is 9.65. The molecule has 0 bridgehead atoms. The van der Waals surface area contributed by atoms with Gasteiger partial charge in [-0.05, 0) is 92.4 Å². The van der Waals surface area contributed by atoms with Gasteiger partial charge in [0, 0.05) is 55.7 Å². The van der Waals surface area contributed by atoms with Crippen molar-refractivity contribution in [3.05, 3.63) is 205 Å². The van der Waals surface area contributed by atoms with Crippen molar-refractivity contribution in [3.8, 4) is 39.6 Å². The first-order valence-electron chi connectivity index (χ1n) is 21.6. The van der Waals surface area contributed by atoms with Gasteiger partial charge < -0.3 is 19.1 Å². The second-order valence-corrected chi connectivity index (χ2v) is 18.1. The van der Waals surface area contributed by atoms with Gasteiger partial charge in [-0.1, -0.05) is 155 Å². The molecule has 2 aliphatic rings. The van der Waals surface area contributed by atoms with Crippen LogP contribution in [0.1, 0.15) is 56.9 Å². The molecule has 0 radical (unpaired) electrons. The van der Waals surface area contributed by atoms with Crippen LogP contribution in [-0.2, 0) is 38.3 Å². The normalized spacial score (nSPS) is 13.8. The van der Waals surface area contributed by atoms with Gasteiger partial charge in [-0.2, -0.15) is 18.8 Å². The standard InChI is InChI=1S/C57H47N4O.Pt/c1-56(2,3)40-30-32-58-54(34-40)61-50-24-13-12-20-46(50)47-28-26-41(35-52(47)61)62-42-27-29-48-53(36-42)60-37-59(51-25-15-23-49(55(51)60)57(48,4)5)33-31-45-43(38-16-8-6-9-17-38)21-14-22-44(45)39-18-10-7-11-19-39;/h6-30,32,34,37H,31,33H2,1-5H3;/q-3;. The summed E-state index contributed by atoms with van der Waals surface area (Å²) in [5, 5.41) is 2.25. The molecule has 7 aromatic carbocycles. The van der Waals surface area contributed by atoms with E-state index >= 15 is 0 Å². The number of rotatable bonds is 8. The number of anilines is 3. The van der Waals surface area contributed by atoms with E-state index in [9.17, 15) is 0 Å². The minimum Gasteiger partial charge on any atom is -0.509 e. The molecule has 0 atom stereocenters. The van der Waals surface area contributed by atoms with E-state index in [2.05, 4.69) is 219 Å². The summed E-state index contributed by atoms with van der Waals surface area (Å²) in [5.41, 5.74) is 15.2. The minimum atomic E-state index is -0.253. The molecule has 11 rings (SSSR count). The molecule has 0 saturated carbocycles. The molecule has 0 spiro atoms. The van der Waals surface area contributed by atoms with Crippen LogP contribution in [0, 0.1) is 18.8 Å². The largest absolute Gasteiger partial charge is 0.509 e. The van der Waals surface area contributed by atoms with Gasteiger partial charge in [0.25, 0.3) is 0 Å². The maximum absolute atomic E-state index is 6.73. The Labute approximate surface area is 384 Å². The number of aromatic nitrogens is 2. The molecular formula is C57H47N4OPt-3. The number of pyridine rings is 1. The number of hydrogen-bond acceptors (Lipinski definition) is 4. The van der Waals surface area contributed by atoms with E-state index < -0.39 is 0 Å². The van der Waals surface area contributed by atoms with Crippen molar-refractivity contribution in [2.45, 2.75) is 51.9 Å². The summed E-state index contributed by atoms with van der Waals surface area (Å²) in [5.74, 6) is 2.13.